The third-order valence-corrected chi connectivity index (χ3v) is 3.33. The average molecular weight is 322 g/mol. The zero-order chi connectivity index (χ0) is 15.9. The summed E-state index contributed by atoms with van der Waals surface area (Å²) in [5.41, 5.74) is 0. The Labute approximate surface area is 115 Å². The summed E-state index contributed by atoms with van der Waals surface area (Å²) in [6.45, 7) is 8.85. The molecule has 0 rings (SSSR count). The highest BCUT2D eigenvalue weighted by Gasteiger charge is 2.27. The molecule has 0 amide bonds. The van der Waals surface area contributed by atoms with Crippen LogP contribution in [0.4, 0.5) is 0 Å². The summed E-state index contributed by atoms with van der Waals surface area (Å²) >= 11 is 0. The molecule has 120 valence electrons. The Morgan fingerprint density at radius 2 is 0.895 bits per heavy atom. The zero-order valence-corrected chi connectivity index (χ0v) is 13.9. The maximum Gasteiger partial charge on any atom is 0.478 e. The first-order valence-electron chi connectivity index (χ1n) is 6.36. The van der Waals surface area contributed by atoms with Crippen LogP contribution in [0, 0.1) is 0 Å². The molecule has 0 unspecified atom stereocenters. The second-order valence-electron chi connectivity index (χ2n) is 3.77. The summed E-state index contributed by atoms with van der Waals surface area (Å²) in [6, 6.07) is 0. The van der Waals surface area contributed by atoms with Crippen LogP contribution in [-0.4, -0.2) is 19.6 Å². The highest BCUT2D eigenvalue weighted by molar-refractivity contribution is 7.60. The number of phosphoric acid groups is 2. The number of hydrogen-bond acceptors (Lipinski definition) is 3. The normalized spacial score (nSPS) is 10.9. The minimum absolute atomic E-state index is 1.34. The summed E-state index contributed by atoms with van der Waals surface area (Å²) < 4.78 is 22.2. The maximum atomic E-state index is 9.63. The molecule has 4 N–H and O–H groups in total. The van der Waals surface area contributed by atoms with E-state index in [0.717, 1.165) is 0 Å². The molecule has 0 saturated carbocycles. The minimum atomic E-state index is -5.05. The van der Waals surface area contributed by atoms with Crippen molar-refractivity contribution >= 4 is 15.6 Å². The third kappa shape index (κ3) is 45.9. The van der Waals surface area contributed by atoms with Gasteiger partial charge in [-0.3, -0.25) is 0 Å². The second-order valence-corrected chi connectivity index (χ2v) is 6.39. The Morgan fingerprint density at radius 3 is 0.895 bits per heavy atom. The Bertz CT molecular complexity index is 229. The Balaban J connectivity index is -0.000000219. The van der Waals surface area contributed by atoms with Crippen molar-refractivity contribution in [1.29, 1.82) is 0 Å². The molecular weight excluding hydrogens is 294 g/mol. The molecule has 0 heterocycles. The monoisotopic (exact) mass is 322 g/mol. The first kappa shape index (κ1) is 24.3. The van der Waals surface area contributed by atoms with Gasteiger partial charge in [0.2, 0.25) is 0 Å². The van der Waals surface area contributed by atoms with E-state index in [1.807, 2.05) is 0 Å². The fourth-order valence-electron chi connectivity index (χ4n) is 0.846. The van der Waals surface area contributed by atoms with Gasteiger partial charge in [-0.05, 0) is 0 Å². The van der Waals surface area contributed by atoms with Gasteiger partial charge < -0.3 is 19.6 Å². The van der Waals surface area contributed by atoms with Crippen molar-refractivity contribution in [2.45, 2.75) is 66.2 Å². The molecule has 0 aliphatic heterocycles. The van der Waals surface area contributed by atoms with Crippen LogP contribution in [0.25, 0.3) is 0 Å². The van der Waals surface area contributed by atoms with Crippen LogP contribution >= 0.6 is 15.6 Å². The van der Waals surface area contributed by atoms with Crippen molar-refractivity contribution in [3.05, 3.63) is 0 Å². The SMILES string of the molecule is CCCCC.CCCCC.O=P(O)(O)OP(=O)(O)O. The molecule has 0 atom stereocenters. The van der Waals surface area contributed by atoms with Gasteiger partial charge in [-0.15, -0.1) is 0 Å². The number of unbranched alkanes of at least 4 members (excludes halogenated alkanes) is 4. The van der Waals surface area contributed by atoms with Gasteiger partial charge in [0.05, 0.1) is 0 Å². The van der Waals surface area contributed by atoms with Gasteiger partial charge in [0.1, 0.15) is 0 Å². The standard InChI is InChI=1S/2C5H12.H4O7P2/c2*1-3-5-4-2;1-8(2,3)7-9(4,5)6/h2*3-5H2,1-2H3;(H2,1,2,3)(H2,4,5,6). The van der Waals surface area contributed by atoms with Gasteiger partial charge in [0, 0.05) is 0 Å². The summed E-state index contributed by atoms with van der Waals surface area (Å²) in [5.74, 6) is 0. The molecule has 0 aromatic rings. The van der Waals surface area contributed by atoms with Crippen molar-refractivity contribution < 1.29 is 33.0 Å². The highest BCUT2D eigenvalue weighted by atomic mass is 31.3. The zero-order valence-electron chi connectivity index (χ0n) is 12.2. The Kier molecular flexibility index (Phi) is 18.7. The van der Waals surface area contributed by atoms with Gasteiger partial charge in [-0.25, -0.2) is 9.13 Å². The summed E-state index contributed by atoms with van der Waals surface area (Å²) in [6.07, 6.45) is 8.15. The van der Waals surface area contributed by atoms with E-state index in [2.05, 4.69) is 32.0 Å². The smallest absolute Gasteiger partial charge is 0.302 e. The molecule has 0 aromatic heterocycles. The number of hydrogen-bond donors (Lipinski definition) is 4. The van der Waals surface area contributed by atoms with Crippen LogP contribution < -0.4 is 0 Å². The van der Waals surface area contributed by atoms with E-state index in [9.17, 15) is 9.13 Å². The molecule has 0 bridgehead atoms. The van der Waals surface area contributed by atoms with Crippen molar-refractivity contribution in [3.8, 4) is 0 Å². The third-order valence-electron chi connectivity index (χ3n) is 1.63. The summed E-state index contributed by atoms with van der Waals surface area (Å²) in [4.78, 5) is 31.0. The van der Waals surface area contributed by atoms with E-state index >= 15 is 0 Å². The largest absolute Gasteiger partial charge is 0.478 e. The van der Waals surface area contributed by atoms with E-state index in [-0.39, 0.29) is 0 Å². The average Bonchev–Trinajstić information content (AvgIpc) is 2.16. The predicted octanol–water partition coefficient (Wildman–Crippen LogP) is 3.58. The van der Waals surface area contributed by atoms with Crippen LogP contribution in [-0.2, 0) is 13.4 Å². The van der Waals surface area contributed by atoms with E-state index in [1.54, 1.807) is 0 Å². The molecule has 7 nitrogen and oxygen atoms in total. The van der Waals surface area contributed by atoms with E-state index in [0.29, 0.717) is 0 Å². The molecule has 0 spiro atoms. The van der Waals surface area contributed by atoms with Gasteiger partial charge >= 0.3 is 15.6 Å². The molecule has 0 aliphatic rings. The summed E-state index contributed by atoms with van der Waals surface area (Å²) in [5, 5.41) is 0. The molecule has 0 fully saturated rings. The molecule has 9 heteroatoms. The molecule has 0 aromatic carbocycles. The molecular formula is C10H28O7P2. The quantitative estimate of drug-likeness (QED) is 0.551. The lowest BCUT2D eigenvalue weighted by Gasteiger charge is -2.03. The van der Waals surface area contributed by atoms with Crippen LogP contribution in [0.5, 0.6) is 0 Å². The summed E-state index contributed by atoms with van der Waals surface area (Å²) in [7, 11) is -10.1. The Morgan fingerprint density at radius 1 is 0.684 bits per heavy atom. The first-order chi connectivity index (χ1) is 8.54. The van der Waals surface area contributed by atoms with Gasteiger partial charge in [0.15, 0.2) is 0 Å². The molecule has 0 aliphatic carbocycles. The van der Waals surface area contributed by atoms with E-state index in [4.69, 9.17) is 19.6 Å². The fraction of sp³-hybridized carbons (Fsp3) is 1.00. The van der Waals surface area contributed by atoms with Crippen molar-refractivity contribution in [1.82, 2.24) is 0 Å². The Hall–Kier alpha value is 0.260. The van der Waals surface area contributed by atoms with Gasteiger partial charge in [-0.2, -0.15) is 4.31 Å². The van der Waals surface area contributed by atoms with Gasteiger partial charge in [0.25, 0.3) is 0 Å². The minimum Gasteiger partial charge on any atom is -0.302 e. The first-order valence-corrected chi connectivity index (χ1v) is 9.42. The van der Waals surface area contributed by atoms with Crippen molar-refractivity contribution in [2.24, 2.45) is 0 Å². The lowest BCUT2D eigenvalue weighted by Crippen LogP contribution is -1.84. The number of rotatable bonds is 6. The lowest BCUT2D eigenvalue weighted by atomic mass is 10.3. The van der Waals surface area contributed by atoms with E-state index in [1.165, 1.54) is 38.5 Å². The van der Waals surface area contributed by atoms with Crippen LogP contribution in [0.3, 0.4) is 0 Å². The molecule has 0 radical (unpaired) electrons. The van der Waals surface area contributed by atoms with Crippen LogP contribution in [0.2, 0.25) is 0 Å². The van der Waals surface area contributed by atoms with E-state index < -0.39 is 15.6 Å². The predicted molar refractivity (Wildman–Crippen MR) is 75.6 cm³/mol. The van der Waals surface area contributed by atoms with Crippen LogP contribution in [0.1, 0.15) is 66.2 Å². The van der Waals surface area contributed by atoms with Crippen molar-refractivity contribution in [2.75, 3.05) is 0 Å². The van der Waals surface area contributed by atoms with Crippen molar-refractivity contribution in [3.63, 3.8) is 0 Å². The topological polar surface area (TPSA) is 124 Å². The molecule has 19 heavy (non-hydrogen) atoms. The second kappa shape index (κ2) is 14.7. The lowest BCUT2D eigenvalue weighted by molar-refractivity contribution is 0.225. The van der Waals surface area contributed by atoms with Crippen LogP contribution in [0.15, 0.2) is 0 Å². The maximum absolute atomic E-state index is 9.63. The molecule has 0 saturated heterocycles. The highest BCUT2D eigenvalue weighted by Crippen LogP contribution is 2.53. The van der Waals surface area contributed by atoms with Gasteiger partial charge in [-0.1, -0.05) is 66.2 Å². The fourth-order valence-corrected chi connectivity index (χ4v) is 1.95.